The largest absolute Gasteiger partial charge is 0.462 e. The molecule has 168 valence electrons. The summed E-state index contributed by atoms with van der Waals surface area (Å²) < 4.78 is 11.3. The highest BCUT2D eigenvalue weighted by Gasteiger charge is 2.22. The molecule has 0 fully saturated rings. The molecule has 0 saturated heterocycles. The molecule has 2 unspecified atom stereocenters. The highest BCUT2D eigenvalue weighted by molar-refractivity contribution is 5.89. The van der Waals surface area contributed by atoms with E-state index in [0.29, 0.717) is 36.2 Å². The third kappa shape index (κ3) is 9.37. The fraction of sp³-hybridized carbons (Fsp3) is 0.481. The summed E-state index contributed by atoms with van der Waals surface area (Å²) in [6.45, 7) is 9.48. The van der Waals surface area contributed by atoms with Gasteiger partial charge in [-0.2, -0.15) is 0 Å². The zero-order chi connectivity index (χ0) is 22.6. The first-order valence-corrected chi connectivity index (χ1v) is 11.3. The lowest BCUT2D eigenvalue weighted by atomic mass is 9.85. The van der Waals surface area contributed by atoms with Gasteiger partial charge in [-0.1, -0.05) is 64.1 Å². The van der Waals surface area contributed by atoms with E-state index < -0.39 is 0 Å². The lowest BCUT2D eigenvalue weighted by Crippen LogP contribution is -2.23. The minimum absolute atomic E-state index is 0.229. The molecule has 0 amide bonds. The minimum Gasteiger partial charge on any atom is -0.462 e. The molecule has 0 spiro atoms. The van der Waals surface area contributed by atoms with E-state index in [9.17, 15) is 9.59 Å². The minimum atomic E-state index is -0.287. The molecule has 0 bridgehead atoms. The summed E-state index contributed by atoms with van der Waals surface area (Å²) in [5, 5.41) is 0. The predicted octanol–water partition coefficient (Wildman–Crippen LogP) is 6.42. The first-order valence-electron chi connectivity index (χ1n) is 11.3. The van der Waals surface area contributed by atoms with Gasteiger partial charge < -0.3 is 9.47 Å². The molecule has 0 aliphatic carbocycles. The molecule has 2 aromatic carbocycles. The lowest BCUT2D eigenvalue weighted by molar-refractivity contribution is 0.0314. The van der Waals surface area contributed by atoms with Crippen LogP contribution in [0.25, 0.3) is 0 Å². The van der Waals surface area contributed by atoms with Gasteiger partial charge in [-0.15, -0.1) is 0 Å². The summed E-state index contributed by atoms with van der Waals surface area (Å²) in [4.78, 5) is 24.8. The zero-order valence-electron chi connectivity index (χ0n) is 19.3. The molecule has 4 nitrogen and oxygen atoms in total. The predicted molar refractivity (Wildman–Crippen MR) is 124 cm³/mol. The summed E-state index contributed by atoms with van der Waals surface area (Å²) in [6.07, 6.45) is 2.78. The van der Waals surface area contributed by atoms with Crippen molar-refractivity contribution in [3.8, 4) is 0 Å². The van der Waals surface area contributed by atoms with Crippen LogP contribution in [0.15, 0.2) is 60.7 Å². The van der Waals surface area contributed by atoms with Gasteiger partial charge in [0.25, 0.3) is 0 Å². The Hall–Kier alpha value is -2.62. The molecule has 0 N–H and O–H groups in total. The Kier molecular flexibility index (Phi) is 10.3. The second-order valence-electron chi connectivity index (χ2n) is 9.16. The Morgan fingerprint density at radius 3 is 1.29 bits per heavy atom. The average molecular weight is 425 g/mol. The molecule has 2 rings (SSSR count). The monoisotopic (exact) mass is 424 g/mol. The van der Waals surface area contributed by atoms with Crippen LogP contribution >= 0.6 is 0 Å². The summed E-state index contributed by atoms with van der Waals surface area (Å²) in [5.41, 5.74) is 1.14. The van der Waals surface area contributed by atoms with Crippen molar-refractivity contribution < 1.29 is 19.1 Å². The van der Waals surface area contributed by atoms with Gasteiger partial charge in [0.2, 0.25) is 0 Å². The van der Waals surface area contributed by atoms with Gasteiger partial charge >= 0.3 is 11.9 Å². The van der Waals surface area contributed by atoms with Crippen molar-refractivity contribution in [3.63, 3.8) is 0 Å². The Labute approximate surface area is 187 Å². The molecule has 0 heterocycles. The highest BCUT2D eigenvalue weighted by atomic mass is 16.5. The van der Waals surface area contributed by atoms with E-state index in [-0.39, 0.29) is 23.8 Å². The van der Waals surface area contributed by atoms with E-state index >= 15 is 0 Å². The normalized spacial score (nSPS) is 13.1. The fourth-order valence-corrected chi connectivity index (χ4v) is 3.97. The van der Waals surface area contributed by atoms with E-state index in [0.717, 1.165) is 19.3 Å². The van der Waals surface area contributed by atoms with Gasteiger partial charge in [0.1, 0.15) is 0 Å². The first-order chi connectivity index (χ1) is 14.8. The standard InChI is InChI=1S/C27H36O4/c1-20(2)15-22(18-30-26(28)24-11-7-5-8-12-24)17-23(16-21(3)4)19-31-27(29)25-13-9-6-10-14-25/h5-14,20-23H,15-19H2,1-4H3. The van der Waals surface area contributed by atoms with E-state index in [1.807, 2.05) is 36.4 Å². The number of rotatable bonds is 12. The summed E-state index contributed by atoms with van der Waals surface area (Å²) >= 11 is 0. The van der Waals surface area contributed by atoms with Crippen LogP contribution < -0.4 is 0 Å². The van der Waals surface area contributed by atoms with Crippen LogP contribution in [0.3, 0.4) is 0 Å². The SMILES string of the molecule is CC(C)CC(COC(=O)c1ccccc1)CC(COC(=O)c1ccccc1)CC(C)C. The summed E-state index contributed by atoms with van der Waals surface area (Å²) in [6, 6.07) is 18.2. The third-order valence-electron chi connectivity index (χ3n) is 5.20. The number of benzene rings is 2. The van der Waals surface area contributed by atoms with E-state index in [4.69, 9.17) is 9.47 Å². The fourth-order valence-electron chi connectivity index (χ4n) is 3.97. The average Bonchev–Trinajstić information content (AvgIpc) is 2.75. The molecule has 0 aliphatic heterocycles. The molecular weight excluding hydrogens is 388 g/mol. The van der Waals surface area contributed by atoms with Crippen LogP contribution in [0.2, 0.25) is 0 Å². The maximum Gasteiger partial charge on any atom is 0.338 e. The van der Waals surface area contributed by atoms with Gasteiger partial charge in [-0.05, 0) is 67.2 Å². The van der Waals surface area contributed by atoms with Gasteiger partial charge in [-0.3, -0.25) is 0 Å². The quantitative estimate of drug-likeness (QED) is 0.369. The molecule has 2 atom stereocenters. The van der Waals surface area contributed by atoms with Gasteiger partial charge in [-0.25, -0.2) is 9.59 Å². The van der Waals surface area contributed by atoms with Crippen molar-refractivity contribution in [2.75, 3.05) is 13.2 Å². The Bertz CT molecular complexity index is 716. The molecule has 0 radical (unpaired) electrons. The molecular formula is C27H36O4. The van der Waals surface area contributed by atoms with Gasteiger partial charge in [0.15, 0.2) is 0 Å². The van der Waals surface area contributed by atoms with Crippen LogP contribution in [-0.4, -0.2) is 25.2 Å². The lowest BCUT2D eigenvalue weighted by Gasteiger charge is -2.26. The van der Waals surface area contributed by atoms with Crippen molar-refractivity contribution >= 4 is 11.9 Å². The van der Waals surface area contributed by atoms with Crippen LogP contribution in [0.5, 0.6) is 0 Å². The van der Waals surface area contributed by atoms with Crippen molar-refractivity contribution in [2.45, 2.75) is 47.0 Å². The molecule has 0 aliphatic rings. The number of hydrogen-bond acceptors (Lipinski definition) is 4. The number of esters is 2. The number of carbonyl (C=O) groups excluding carboxylic acids is 2. The Morgan fingerprint density at radius 1 is 0.613 bits per heavy atom. The topological polar surface area (TPSA) is 52.6 Å². The molecule has 2 aromatic rings. The van der Waals surface area contributed by atoms with Crippen molar-refractivity contribution in [1.82, 2.24) is 0 Å². The van der Waals surface area contributed by atoms with Gasteiger partial charge in [0, 0.05) is 0 Å². The molecule has 0 saturated carbocycles. The van der Waals surface area contributed by atoms with Crippen LogP contribution in [-0.2, 0) is 9.47 Å². The van der Waals surface area contributed by atoms with E-state index in [1.54, 1.807) is 24.3 Å². The van der Waals surface area contributed by atoms with E-state index in [1.165, 1.54) is 0 Å². The second-order valence-corrected chi connectivity index (χ2v) is 9.16. The number of carbonyl (C=O) groups is 2. The third-order valence-corrected chi connectivity index (χ3v) is 5.20. The number of hydrogen-bond donors (Lipinski definition) is 0. The first kappa shape index (κ1) is 24.6. The van der Waals surface area contributed by atoms with E-state index in [2.05, 4.69) is 27.7 Å². The van der Waals surface area contributed by atoms with Gasteiger partial charge in [0.05, 0.1) is 24.3 Å². The Balaban J connectivity index is 1.97. The summed E-state index contributed by atoms with van der Waals surface area (Å²) in [5.74, 6) is 0.869. The smallest absolute Gasteiger partial charge is 0.338 e. The van der Waals surface area contributed by atoms with Crippen molar-refractivity contribution in [2.24, 2.45) is 23.7 Å². The van der Waals surface area contributed by atoms with Crippen LogP contribution in [0.4, 0.5) is 0 Å². The maximum absolute atomic E-state index is 12.4. The van der Waals surface area contributed by atoms with Crippen molar-refractivity contribution in [1.29, 1.82) is 0 Å². The molecule has 0 aromatic heterocycles. The van der Waals surface area contributed by atoms with Crippen molar-refractivity contribution in [3.05, 3.63) is 71.8 Å². The molecule has 4 heteroatoms. The number of ether oxygens (including phenoxy) is 2. The van der Waals surface area contributed by atoms with Crippen LogP contribution in [0, 0.1) is 23.7 Å². The second kappa shape index (κ2) is 12.9. The maximum atomic E-state index is 12.4. The van der Waals surface area contributed by atoms with Crippen LogP contribution in [0.1, 0.15) is 67.7 Å². The zero-order valence-corrected chi connectivity index (χ0v) is 19.3. The molecule has 31 heavy (non-hydrogen) atoms. The highest BCUT2D eigenvalue weighted by Crippen LogP contribution is 2.26. The summed E-state index contributed by atoms with van der Waals surface area (Å²) in [7, 11) is 0. The Morgan fingerprint density at radius 2 is 0.968 bits per heavy atom.